The number of rotatable bonds is 5. The van der Waals surface area contributed by atoms with Crippen LogP contribution in [0.5, 0.6) is 5.75 Å². The second-order valence-electron chi connectivity index (χ2n) is 7.53. The van der Waals surface area contributed by atoms with Crippen molar-refractivity contribution >= 4 is 29.2 Å². The van der Waals surface area contributed by atoms with Gasteiger partial charge in [0, 0.05) is 49.9 Å². The highest BCUT2D eigenvalue weighted by Gasteiger charge is 2.30. The van der Waals surface area contributed by atoms with E-state index >= 15 is 0 Å². The number of carbonyl (C=O) groups is 1. The minimum atomic E-state index is 0.138. The number of benzene rings is 2. The summed E-state index contributed by atoms with van der Waals surface area (Å²) in [6.07, 6.45) is 1.20. The highest BCUT2D eigenvalue weighted by molar-refractivity contribution is 6.30. The summed E-state index contributed by atoms with van der Waals surface area (Å²) in [6, 6.07) is 15.9. The lowest BCUT2D eigenvalue weighted by Crippen LogP contribution is -2.53. The Bertz CT molecular complexity index is 908. The van der Waals surface area contributed by atoms with Crippen LogP contribution in [0.25, 0.3) is 0 Å². The Morgan fingerprint density at radius 2 is 1.77 bits per heavy atom. The van der Waals surface area contributed by atoms with Crippen molar-refractivity contribution in [2.75, 3.05) is 51.3 Å². The molecule has 2 aromatic rings. The second-order valence-corrected chi connectivity index (χ2v) is 7.97. The fourth-order valence-electron chi connectivity index (χ4n) is 3.96. The van der Waals surface area contributed by atoms with Gasteiger partial charge in [0.25, 0.3) is 0 Å². The summed E-state index contributed by atoms with van der Waals surface area (Å²) in [6.45, 7) is 4.80. The Labute approximate surface area is 182 Å². The van der Waals surface area contributed by atoms with Crippen molar-refractivity contribution in [3.8, 4) is 5.75 Å². The lowest BCUT2D eigenvalue weighted by atomic mass is 10.1. The summed E-state index contributed by atoms with van der Waals surface area (Å²) in [7, 11) is 1.65. The van der Waals surface area contributed by atoms with Crippen molar-refractivity contribution in [3.05, 3.63) is 59.1 Å². The standard InChI is InChI=1S/C23H27ClN4O2/c1-30-21-8-5-18(6-9-21)7-10-22(29)28-12-11-25-23(28)27-15-13-26(14-16-27)20-4-2-3-19(24)17-20/h2-6,8-9,17H,7,10-16H2,1H3. The molecule has 158 valence electrons. The summed E-state index contributed by atoms with van der Waals surface area (Å²) in [5.41, 5.74) is 2.28. The summed E-state index contributed by atoms with van der Waals surface area (Å²) < 4.78 is 5.19. The maximum absolute atomic E-state index is 12.9. The topological polar surface area (TPSA) is 48.4 Å². The first-order valence-electron chi connectivity index (χ1n) is 10.4. The van der Waals surface area contributed by atoms with Gasteiger partial charge in [0.1, 0.15) is 5.75 Å². The minimum absolute atomic E-state index is 0.138. The quantitative estimate of drug-likeness (QED) is 0.736. The van der Waals surface area contributed by atoms with Crippen molar-refractivity contribution in [2.24, 2.45) is 4.99 Å². The zero-order chi connectivity index (χ0) is 20.9. The Kier molecular flexibility index (Phi) is 6.43. The van der Waals surface area contributed by atoms with Crippen LogP contribution in [0.2, 0.25) is 5.02 Å². The van der Waals surface area contributed by atoms with E-state index in [1.807, 2.05) is 47.4 Å². The van der Waals surface area contributed by atoms with Gasteiger partial charge >= 0.3 is 0 Å². The van der Waals surface area contributed by atoms with E-state index in [1.165, 1.54) is 0 Å². The minimum Gasteiger partial charge on any atom is -0.497 e. The zero-order valence-electron chi connectivity index (χ0n) is 17.3. The zero-order valence-corrected chi connectivity index (χ0v) is 18.0. The Balaban J connectivity index is 1.31. The summed E-state index contributed by atoms with van der Waals surface area (Å²) >= 11 is 6.13. The average molecular weight is 427 g/mol. The SMILES string of the molecule is COc1ccc(CCC(=O)N2CCN=C2N2CCN(c3cccc(Cl)c3)CC2)cc1. The van der Waals surface area contributed by atoms with Crippen LogP contribution in [0, 0.1) is 0 Å². The molecular weight excluding hydrogens is 400 g/mol. The molecule has 0 atom stereocenters. The van der Waals surface area contributed by atoms with Gasteiger partial charge in [-0.3, -0.25) is 14.7 Å². The molecule has 1 saturated heterocycles. The molecule has 4 rings (SSSR count). The molecule has 0 unspecified atom stereocenters. The van der Waals surface area contributed by atoms with Crippen LogP contribution in [0.15, 0.2) is 53.5 Å². The molecule has 1 fully saturated rings. The second kappa shape index (κ2) is 9.39. The molecular formula is C23H27ClN4O2. The monoisotopic (exact) mass is 426 g/mol. The van der Waals surface area contributed by atoms with Crippen LogP contribution in [-0.4, -0.2) is 68.0 Å². The lowest BCUT2D eigenvalue weighted by molar-refractivity contribution is -0.127. The maximum Gasteiger partial charge on any atom is 0.229 e. The van der Waals surface area contributed by atoms with Crippen LogP contribution >= 0.6 is 11.6 Å². The third kappa shape index (κ3) is 4.70. The van der Waals surface area contributed by atoms with Gasteiger partial charge in [0.15, 0.2) is 0 Å². The fourth-order valence-corrected chi connectivity index (χ4v) is 4.14. The molecule has 2 aliphatic rings. The number of anilines is 1. The molecule has 6 nitrogen and oxygen atoms in total. The number of ether oxygens (including phenoxy) is 1. The van der Waals surface area contributed by atoms with E-state index in [0.29, 0.717) is 19.5 Å². The normalized spacial score (nSPS) is 16.6. The summed E-state index contributed by atoms with van der Waals surface area (Å²) in [5.74, 6) is 1.80. The average Bonchev–Trinajstić information content (AvgIpc) is 3.28. The molecule has 1 amide bonds. The van der Waals surface area contributed by atoms with Crippen molar-refractivity contribution in [1.82, 2.24) is 9.80 Å². The molecule has 0 N–H and O–H groups in total. The number of aliphatic imine (C=N–C) groups is 1. The van der Waals surface area contributed by atoms with E-state index in [4.69, 9.17) is 16.3 Å². The molecule has 0 saturated carbocycles. The predicted molar refractivity (Wildman–Crippen MR) is 121 cm³/mol. The molecule has 2 heterocycles. The number of hydrogen-bond acceptors (Lipinski definition) is 5. The summed E-state index contributed by atoms with van der Waals surface area (Å²) in [4.78, 5) is 24.0. The van der Waals surface area contributed by atoms with E-state index in [-0.39, 0.29) is 5.91 Å². The van der Waals surface area contributed by atoms with Gasteiger partial charge < -0.3 is 14.5 Å². The van der Waals surface area contributed by atoms with Gasteiger partial charge in [-0.05, 0) is 42.3 Å². The number of carbonyl (C=O) groups excluding carboxylic acids is 1. The van der Waals surface area contributed by atoms with Crippen molar-refractivity contribution < 1.29 is 9.53 Å². The van der Waals surface area contributed by atoms with Crippen molar-refractivity contribution in [3.63, 3.8) is 0 Å². The Morgan fingerprint density at radius 1 is 1.03 bits per heavy atom. The first-order chi connectivity index (χ1) is 14.6. The molecule has 2 aliphatic heterocycles. The molecule has 0 aliphatic carbocycles. The van der Waals surface area contributed by atoms with E-state index < -0.39 is 0 Å². The highest BCUT2D eigenvalue weighted by Crippen LogP contribution is 2.22. The van der Waals surface area contributed by atoms with Gasteiger partial charge in [0.2, 0.25) is 11.9 Å². The maximum atomic E-state index is 12.9. The van der Waals surface area contributed by atoms with Crippen LogP contribution in [0.3, 0.4) is 0 Å². The number of methoxy groups -OCH3 is 1. The number of hydrogen-bond donors (Lipinski definition) is 0. The number of piperazine rings is 1. The van der Waals surface area contributed by atoms with E-state index in [9.17, 15) is 4.79 Å². The Hall–Kier alpha value is -2.73. The molecule has 0 radical (unpaired) electrons. The lowest BCUT2D eigenvalue weighted by Gasteiger charge is -2.38. The van der Waals surface area contributed by atoms with E-state index in [0.717, 1.165) is 60.6 Å². The first kappa shape index (κ1) is 20.5. The first-order valence-corrected chi connectivity index (χ1v) is 10.7. The van der Waals surface area contributed by atoms with Crippen molar-refractivity contribution in [1.29, 1.82) is 0 Å². The molecule has 0 bridgehead atoms. The number of aryl methyl sites for hydroxylation is 1. The third-order valence-corrected chi connectivity index (χ3v) is 5.88. The molecule has 7 heteroatoms. The summed E-state index contributed by atoms with van der Waals surface area (Å²) in [5, 5.41) is 0.753. The number of guanidine groups is 1. The van der Waals surface area contributed by atoms with Gasteiger partial charge in [-0.2, -0.15) is 0 Å². The van der Waals surface area contributed by atoms with E-state index in [2.05, 4.69) is 20.9 Å². The number of halogens is 1. The van der Waals surface area contributed by atoms with Crippen LogP contribution in [-0.2, 0) is 11.2 Å². The predicted octanol–water partition coefficient (Wildman–Crippen LogP) is 3.30. The van der Waals surface area contributed by atoms with Crippen LogP contribution in [0.1, 0.15) is 12.0 Å². The van der Waals surface area contributed by atoms with E-state index in [1.54, 1.807) is 7.11 Å². The van der Waals surface area contributed by atoms with Gasteiger partial charge in [0.05, 0.1) is 13.7 Å². The molecule has 30 heavy (non-hydrogen) atoms. The number of nitrogens with zero attached hydrogens (tertiary/aromatic N) is 4. The van der Waals surface area contributed by atoms with Crippen LogP contribution < -0.4 is 9.64 Å². The smallest absolute Gasteiger partial charge is 0.229 e. The molecule has 0 aromatic heterocycles. The fraction of sp³-hybridized carbons (Fsp3) is 0.391. The Morgan fingerprint density at radius 3 is 2.47 bits per heavy atom. The van der Waals surface area contributed by atoms with Crippen LogP contribution in [0.4, 0.5) is 5.69 Å². The molecule has 2 aromatic carbocycles. The third-order valence-electron chi connectivity index (χ3n) is 5.64. The number of amides is 1. The largest absolute Gasteiger partial charge is 0.497 e. The molecule has 0 spiro atoms. The van der Waals surface area contributed by atoms with Gasteiger partial charge in [-0.1, -0.05) is 29.8 Å². The van der Waals surface area contributed by atoms with Gasteiger partial charge in [-0.15, -0.1) is 0 Å². The van der Waals surface area contributed by atoms with Gasteiger partial charge in [-0.25, -0.2) is 0 Å². The van der Waals surface area contributed by atoms with Crippen molar-refractivity contribution in [2.45, 2.75) is 12.8 Å². The highest BCUT2D eigenvalue weighted by atomic mass is 35.5.